The number of imide groups is 1. The van der Waals surface area contributed by atoms with Crippen molar-refractivity contribution in [3.8, 4) is 5.75 Å². The van der Waals surface area contributed by atoms with E-state index < -0.39 is 11.8 Å². The van der Waals surface area contributed by atoms with Gasteiger partial charge in [0, 0.05) is 6.07 Å². The van der Waals surface area contributed by atoms with Crippen molar-refractivity contribution in [1.82, 2.24) is 0 Å². The summed E-state index contributed by atoms with van der Waals surface area (Å²) in [5.74, 6) is -0.459. The molecular weight excluding hydrogens is 313 g/mol. The molecule has 1 aliphatic rings. The predicted molar refractivity (Wildman–Crippen MR) is 80.6 cm³/mol. The zero-order valence-electron chi connectivity index (χ0n) is 10.9. The topological polar surface area (TPSA) is 46.6 Å². The molecule has 0 aliphatic carbocycles. The first-order valence-electron chi connectivity index (χ1n) is 6.05. The fourth-order valence-corrected chi connectivity index (χ4v) is 2.73. The van der Waals surface area contributed by atoms with Gasteiger partial charge in [0.05, 0.1) is 34.0 Å². The normalized spacial score (nSPS) is 13.6. The predicted octanol–water partition coefficient (Wildman–Crippen LogP) is 3.80. The highest BCUT2D eigenvalue weighted by molar-refractivity contribution is 6.41. The van der Waals surface area contributed by atoms with Crippen LogP contribution in [0.15, 0.2) is 36.4 Å². The Balaban J connectivity index is 2.13. The summed E-state index contributed by atoms with van der Waals surface area (Å²) in [6.45, 7) is 0. The number of halogens is 2. The zero-order chi connectivity index (χ0) is 15.1. The summed E-state index contributed by atoms with van der Waals surface area (Å²) in [5.41, 5.74) is 0.949. The highest BCUT2D eigenvalue weighted by Crippen LogP contribution is 2.39. The van der Waals surface area contributed by atoms with Crippen LogP contribution in [0.1, 0.15) is 20.7 Å². The Morgan fingerprint density at radius 1 is 0.952 bits per heavy atom. The molecule has 0 aromatic heterocycles. The maximum absolute atomic E-state index is 12.4. The number of carbonyl (C=O) groups is 2. The molecule has 0 bridgehead atoms. The maximum Gasteiger partial charge on any atom is 0.266 e. The number of methoxy groups -OCH3 is 1. The van der Waals surface area contributed by atoms with Crippen LogP contribution in [0.3, 0.4) is 0 Å². The monoisotopic (exact) mass is 321 g/mol. The molecule has 106 valence electrons. The van der Waals surface area contributed by atoms with Crippen LogP contribution in [0, 0.1) is 0 Å². The van der Waals surface area contributed by atoms with Crippen molar-refractivity contribution < 1.29 is 14.3 Å². The molecule has 1 aliphatic heterocycles. The summed E-state index contributed by atoms with van der Waals surface area (Å²) in [7, 11) is 1.46. The summed E-state index contributed by atoms with van der Waals surface area (Å²) in [6, 6.07) is 9.54. The molecule has 4 nitrogen and oxygen atoms in total. The van der Waals surface area contributed by atoms with Crippen molar-refractivity contribution in [3.05, 3.63) is 57.6 Å². The molecule has 0 spiro atoms. The van der Waals surface area contributed by atoms with E-state index in [0.717, 1.165) is 4.90 Å². The molecule has 0 saturated heterocycles. The van der Waals surface area contributed by atoms with Crippen molar-refractivity contribution in [3.63, 3.8) is 0 Å². The fourth-order valence-electron chi connectivity index (χ4n) is 2.25. The number of amides is 2. The van der Waals surface area contributed by atoms with Crippen molar-refractivity contribution in [2.45, 2.75) is 0 Å². The minimum absolute atomic E-state index is 0.214. The number of ether oxygens (including phenoxy) is 1. The Bertz CT molecular complexity index is 739. The lowest BCUT2D eigenvalue weighted by atomic mass is 10.1. The lowest BCUT2D eigenvalue weighted by Crippen LogP contribution is -2.29. The minimum Gasteiger partial charge on any atom is -0.495 e. The third kappa shape index (κ3) is 2.07. The molecule has 1 heterocycles. The van der Waals surface area contributed by atoms with E-state index in [0.29, 0.717) is 16.9 Å². The van der Waals surface area contributed by atoms with E-state index in [1.54, 1.807) is 24.3 Å². The van der Waals surface area contributed by atoms with Gasteiger partial charge in [-0.2, -0.15) is 0 Å². The van der Waals surface area contributed by atoms with Gasteiger partial charge >= 0.3 is 0 Å². The third-order valence-electron chi connectivity index (χ3n) is 3.26. The Morgan fingerprint density at radius 3 is 2.05 bits per heavy atom. The van der Waals surface area contributed by atoms with Gasteiger partial charge in [-0.3, -0.25) is 9.59 Å². The van der Waals surface area contributed by atoms with E-state index in [4.69, 9.17) is 27.9 Å². The van der Waals surface area contributed by atoms with Crippen LogP contribution >= 0.6 is 23.2 Å². The maximum atomic E-state index is 12.4. The molecule has 3 rings (SSSR count). The van der Waals surface area contributed by atoms with E-state index in [-0.39, 0.29) is 15.7 Å². The first kappa shape index (κ1) is 13.9. The second-order valence-corrected chi connectivity index (χ2v) is 5.24. The van der Waals surface area contributed by atoms with Gasteiger partial charge in [0.1, 0.15) is 5.75 Å². The second kappa shape index (κ2) is 5.06. The van der Waals surface area contributed by atoms with E-state index in [9.17, 15) is 9.59 Å². The Hall–Kier alpha value is -2.04. The van der Waals surface area contributed by atoms with Crippen molar-refractivity contribution in [2.75, 3.05) is 12.0 Å². The molecule has 0 unspecified atom stereocenters. The van der Waals surface area contributed by atoms with Gasteiger partial charge in [0.2, 0.25) is 0 Å². The number of nitrogens with zero attached hydrogens (tertiary/aromatic N) is 1. The largest absolute Gasteiger partial charge is 0.495 e. The number of rotatable bonds is 2. The quantitative estimate of drug-likeness (QED) is 0.790. The lowest BCUT2D eigenvalue weighted by Gasteiger charge is -2.17. The summed E-state index contributed by atoms with van der Waals surface area (Å²) >= 11 is 12.2. The molecule has 6 heteroatoms. The molecule has 0 saturated carbocycles. The first-order chi connectivity index (χ1) is 10.0. The fraction of sp³-hybridized carbons (Fsp3) is 0.0667. The minimum atomic E-state index is -0.418. The average molecular weight is 322 g/mol. The molecule has 0 N–H and O–H groups in total. The van der Waals surface area contributed by atoms with Crippen LogP contribution in [-0.2, 0) is 0 Å². The van der Waals surface area contributed by atoms with Crippen molar-refractivity contribution >= 4 is 40.7 Å². The Morgan fingerprint density at radius 2 is 1.52 bits per heavy atom. The average Bonchev–Trinajstić information content (AvgIpc) is 2.74. The molecule has 0 radical (unpaired) electrons. The van der Waals surface area contributed by atoms with Crippen LogP contribution < -0.4 is 9.64 Å². The summed E-state index contributed by atoms with van der Waals surface area (Å²) in [4.78, 5) is 25.8. The van der Waals surface area contributed by atoms with Gasteiger partial charge in [-0.25, -0.2) is 4.90 Å². The molecule has 0 fully saturated rings. The number of hydrogen-bond acceptors (Lipinski definition) is 3. The molecule has 21 heavy (non-hydrogen) atoms. The van der Waals surface area contributed by atoms with Crippen molar-refractivity contribution in [2.24, 2.45) is 0 Å². The van der Waals surface area contributed by atoms with Crippen molar-refractivity contribution in [1.29, 1.82) is 0 Å². The SMILES string of the molecule is COc1cc(Cl)c(N2C(=O)c3ccccc3C2=O)cc1Cl. The molecular formula is C15H9Cl2NO3. The number of fused-ring (bicyclic) bond motifs is 1. The first-order valence-corrected chi connectivity index (χ1v) is 6.81. The van der Waals surface area contributed by atoms with E-state index >= 15 is 0 Å². The van der Waals surface area contributed by atoms with Gasteiger partial charge in [-0.1, -0.05) is 35.3 Å². The van der Waals surface area contributed by atoms with E-state index in [1.165, 1.54) is 19.2 Å². The Kier molecular flexibility index (Phi) is 3.35. The van der Waals surface area contributed by atoms with Crippen LogP contribution in [0.25, 0.3) is 0 Å². The molecule has 2 amide bonds. The lowest BCUT2D eigenvalue weighted by molar-refractivity contribution is 0.0926. The van der Waals surface area contributed by atoms with E-state index in [2.05, 4.69) is 0 Å². The van der Waals surface area contributed by atoms with Gasteiger partial charge in [0.25, 0.3) is 11.8 Å². The summed E-state index contributed by atoms with van der Waals surface area (Å²) < 4.78 is 5.05. The van der Waals surface area contributed by atoms with Gasteiger partial charge in [0.15, 0.2) is 0 Å². The third-order valence-corrected chi connectivity index (χ3v) is 3.85. The highest BCUT2D eigenvalue weighted by Gasteiger charge is 2.37. The van der Waals surface area contributed by atoms with Gasteiger partial charge < -0.3 is 4.74 Å². The molecule has 2 aromatic rings. The van der Waals surface area contributed by atoms with Crippen LogP contribution in [0.2, 0.25) is 10.0 Å². The molecule has 2 aromatic carbocycles. The van der Waals surface area contributed by atoms with Gasteiger partial charge in [-0.15, -0.1) is 0 Å². The number of anilines is 1. The van der Waals surface area contributed by atoms with Crippen LogP contribution in [0.4, 0.5) is 5.69 Å². The summed E-state index contributed by atoms with van der Waals surface area (Å²) in [5, 5.41) is 0.485. The number of benzene rings is 2. The van der Waals surface area contributed by atoms with Gasteiger partial charge in [-0.05, 0) is 18.2 Å². The Labute approximate surface area is 130 Å². The highest BCUT2D eigenvalue weighted by atomic mass is 35.5. The second-order valence-electron chi connectivity index (χ2n) is 4.43. The van der Waals surface area contributed by atoms with Crippen LogP contribution in [-0.4, -0.2) is 18.9 Å². The smallest absolute Gasteiger partial charge is 0.266 e. The zero-order valence-corrected chi connectivity index (χ0v) is 12.4. The standard InChI is InChI=1S/C15H9Cl2NO3/c1-21-13-7-10(16)12(6-11(13)17)18-14(19)8-4-2-3-5-9(8)15(18)20/h2-7H,1H3. The number of carbonyl (C=O) groups excluding carboxylic acids is 2. The van der Waals surface area contributed by atoms with E-state index in [1.807, 2.05) is 0 Å². The van der Waals surface area contributed by atoms with Crippen LogP contribution in [0.5, 0.6) is 5.75 Å². The number of hydrogen-bond donors (Lipinski definition) is 0. The summed E-state index contributed by atoms with van der Waals surface area (Å²) in [6.07, 6.45) is 0. The molecule has 0 atom stereocenters.